The largest absolute Gasteiger partial charge is 0.508 e. The summed E-state index contributed by atoms with van der Waals surface area (Å²) in [6, 6.07) is 8.76. The molecule has 0 aliphatic heterocycles. The third kappa shape index (κ3) is 2.73. The first-order valence-corrected chi connectivity index (χ1v) is 5.55. The minimum absolute atomic E-state index is 0.233. The minimum Gasteiger partial charge on any atom is -0.508 e. The van der Waals surface area contributed by atoms with Crippen molar-refractivity contribution >= 4 is 15.9 Å². The highest BCUT2D eigenvalue weighted by Gasteiger charge is 2.02. The Balaban J connectivity index is 2.05. The number of halogens is 1. The highest BCUT2D eigenvalue weighted by Crippen LogP contribution is 2.23. The van der Waals surface area contributed by atoms with E-state index in [2.05, 4.69) is 20.9 Å². The second-order valence-electron chi connectivity index (χ2n) is 3.25. The van der Waals surface area contributed by atoms with Crippen LogP contribution in [0.1, 0.15) is 5.56 Å². The highest BCUT2D eigenvalue weighted by atomic mass is 79.9. The molecule has 1 aromatic heterocycles. The molecule has 0 aliphatic rings. The van der Waals surface area contributed by atoms with Gasteiger partial charge < -0.3 is 9.84 Å². The van der Waals surface area contributed by atoms with Gasteiger partial charge in [0.1, 0.15) is 18.1 Å². The summed E-state index contributed by atoms with van der Waals surface area (Å²) in [7, 11) is 0. The van der Waals surface area contributed by atoms with E-state index >= 15 is 0 Å². The van der Waals surface area contributed by atoms with Gasteiger partial charge in [-0.25, -0.2) is 0 Å². The third-order valence-corrected chi connectivity index (χ3v) is 2.80. The van der Waals surface area contributed by atoms with Gasteiger partial charge in [-0.3, -0.25) is 4.98 Å². The Hall–Kier alpha value is -1.55. The molecule has 0 bridgehead atoms. The predicted molar refractivity (Wildman–Crippen MR) is 64.4 cm³/mol. The summed E-state index contributed by atoms with van der Waals surface area (Å²) < 4.78 is 6.37. The third-order valence-electron chi connectivity index (χ3n) is 2.07. The molecule has 4 heteroatoms. The van der Waals surface area contributed by atoms with Gasteiger partial charge in [-0.15, -0.1) is 0 Å². The fourth-order valence-corrected chi connectivity index (χ4v) is 1.73. The Morgan fingerprint density at radius 3 is 2.88 bits per heavy atom. The number of pyridine rings is 1. The van der Waals surface area contributed by atoms with E-state index in [-0.39, 0.29) is 5.75 Å². The summed E-state index contributed by atoms with van der Waals surface area (Å²) >= 11 is 3.37. The van der Waals surface area contributed by atoms with Crippen LogP contribution in [0.15, 0.2) is 47.2 Å². The highest BCUT2D eigenvalue weighted by molar-refractivity contribution is 9.10. The molecule has 1 heterocycles. The maximum atomic E-state index is 9.24. The van der Waals surface area contributed by atoms with Gasteiger partial charge in [-0.1, -0.05) is 22.0 Å². The van der Waals surface area contributed by atoms with Crippen LogP contribution in [0.4, 0.5) is 0 Å². The topological polar surface area (TPSA) is 42.4 Å². The van der Waals surface area contributed by atoms with Crippen LogP contribution in [0, 0.1) is 0 Å². The zero-order valence-electron chi connectivity index (χ0n) is 8.43. The lowest BCUT2D eigenvalue weighted by Crippen LogP contribution is -1.96. The number of ether oxygens (including phenoxy) is 1. The number of aromatic hydroxyl groups is 1. The van der Waals surface area contributed by atoms with Crippen molar-refractivity contribution in [3.63, 3.8) is 0 Å². The molecule has 82 valence electrons. The molecular formula is C12H10BrNO2. The summed E-state index contributed by atoms with van der Waals surface area (Å²) in [4.78, 5) is 3.96. The zero-order valence-corrected chi connectivity index (χ0v) is 10.0. The lowest BCUT2D eigenvalue weighted by atomic mass is 10.2. The summed E-state index contributed by atoms with van der Waals surface area (Å²) in [5, 5.41) is 9.24. The molecule has 0 unspecified atom stereocenters. The van der Waals surface area contributed by atoms with E-state index in [1.807, 2.05) is 18.2 Å². The van der Waals surface area contributed by atoms with E-state index in [0.717, 1.165) is 15.8 Å². The summed E-state index contributed by atoms with van der Waals surface area (Å²) in [5.41, 5.74) is 0.974. The number of benzene rings is 1. The van der Waals surface area contributed by atoms with E-state index in [9.17, 15) is 5.11 Å². The number of rotatable bonds is 3. The fourth-order valence-electron chi connectivity index (χ4n) is 1.25. The number of hydrogen-bond donors (Lipinski definition) is 1. The van der Waals surface area contributed by atoms with Crippen molar-refractivity contribution in [1.29, 1.82) is 0 Å². The molecule has 0 amide bonds. The zero-order chi connectivity index (χ0) is 11.4. The first-order valence-electron chi connectivity index (χ1n) is 4.76. The van der Waals surface area contributed by atoms with Crippen LogP contribution in [0.2, 0.25) is 0 Å². The van der Waals surface area contributed by atoms with E-state index in [1.165, 1.54) is 0 Å². The van der Waals surface area contributed by atoms with E-state index in [0.29, 0.717) is 6.61 Å². The number of aromatic nitrogens is 1. The smallest absolute Gasteiger partial charge is 0.138 e. The van der Waals surface area contributed by atoms with Crippen molar-refractivity contribution in [2.45, 2.75) is 6.61 Å². The van der Waals surface area contributed by atoms with Gasteiger partial charge >= 0.3 is 0 Å². The average Bonchev–Trinajstić information content (AvgIpc) is 2.29. The van der Waals surface area contributed by atoms with Gasteiger partial charge in [0, 0.05) is 16.2 Å². The molecule has 0 saturated carbocycles. The van der Waals surface area contributed by atoms with Gasteiger partial charge in [0.15, 0.2) is 0 Å². The number of nitrogens with zero attached hydrogens (tertiary/aromatic N) is 1. The molecule has 2 aromatic rings. The van der Waals surface area contributed by atoms with Crippen molar-refractivity contribution in [3.8, 4) is 11.5 Å². The van der Waals surface area contributed by atoms with Crippen LogP contribution in [0.5, 0.6) is 11.5 Å². The minimum atomic E-state index is 0.233. The summed E-state index contributed by atoms with van der Waals surface area (Å²) in [6.45, 7) is 0.437. The molecular weight excluding hydrogens is 270 g/mol. The average molecular weight is 280 g/mol. The Kier molecular flexibility index (Phi) is 3.41. The van der Waals surface area contributed by atoms with Crippen molar-refractivity contribution in [1.82, 2.24) is 4.98 Å². The normalized spacial score (nSPS) is 10.1. The fraction of sp³-hybridized carbons (Fsp3) is 0.0833. The quantitative estimate of drug-likeness (QED) is 0.939. The van der Waals surface area contributed by atoms with Crippen LogP contribution < -0.4 is 4.74 Å². The lowest BCUT2D eigenvalue weighted by molar-refractivity contribution is 0.304. The maximum absolute atomic E-state index is 9.24. The molecule has 0 atom stereocenters. The van der Waals surface area contributed by atoms with Crippen LogP contribution in [-0.4, -0.2) is 10.1 Å². The maximum Gasteiger partial charge on any atom is 0.138 e. The van der Waals surface area contributed by atoms with Gasteiger partial charge in [0.05, 0.1) is 6.20 Å². The Bertz CT molecular complexity index is 474. The molecule has 0 saturated heterocycles. The second-order valence-corrected chi connectivity index (χ2v) is 4.11. The number of phenols is 1. The molecule has 1 aromatic carbocycles. The van der Waals surface area contributed by atoms with E-state index in [1.54, 1.807) is 24.5 Å². The second kappa shape index (κ2) is 4.99. The molecule has 2 rings (SSSR count). The first kappa shape index (κ1) is 11.0. The van der Waals surface area contributed by atoms with Crippen LogP contribution in [0.25, 0.3) is 0 Å². The van der Waals surface area contributed by atoms with Crippen LogP contribution in [0.3, 0.4) is 0 Å². The van der Waals surface area contributed by atoms with Crippen molar-refractivity contribution < 1.29 is 9.84 Å². The molecule has 3 nitrogen and oxygen atoms in total. The molecule has 0 aliphatic carbocycles. The molecule has 0 fully saturated rings. The Labute approximate surface area is 102 Å². The van der Waals surface area contributed by atoms with E-state index in [4.69, 9.17) is 4.74 Å². The van der Waals surface area contributed by atoms with Gasteiger partial charge in [-0.05, 0) is 24.3 Å². The van der Waals surface area contributed by atoms with Crippen molar-refractivity contribution in [2.75, 3.05) is 0 Å². The predicted octanol–water partition coefficient (Wildman–Crippen LogP) is 3.13. The molecule has 0 spiro atoms. The summed E-state index contributed by atoms with van der Waals surface area (Å²) in [5.74, 6) is 0.958. The molecule has 16 heavy (non-hydrogen) atoms. The first-order chi connectivity index (χ1) is 7.75. The van der Waals surface area contributed by atoms with Gasteiger partial charge in [-0.2, -0.15) is 0 Å². The lowest BCUT2D eigenvalue weighted by Gasteiger charge is -2.07. The molecule has 1 N–H and O–H groups in total. The summed E-state index contributed by atoms with van der Waals surface area (Å²) in [6.07, 6.45) is 3.36. The van der Waals surface area contributed by atoms with E-state index < -0.39 is 0 Å². The SMILES string of the molecule is Oc1ccc(COc2cccnc2)c(Br)c1. The van der Waals surface area contributed by atoms with Crippen molar-refractivity contribution in [2.24, 2.45) is 0 Å². The van der Waals surface area contributed by atoms with Crippen LogP contribution >= 0.6 is 15.9 Å². The van der Waals surface area contributed by atoms with Gasteiger partial charge in [0.2, 0.25) is 0 Å². The number of hydrogen-bond acceptors (Lipinski definition) is 3. The standard InChI is InChI=1S/C12H10BrNO2/c13-12-6-10(15)4-3-9(12)8-16-11-2-1-5-14-7-11/h1-7,15H,8H2. The van der Waals surface area contributed by atoms with Gasteiger partial charge in [0.25, 0.3) is 0 Å². The molecule has 0 radical (unpaired) electrons. The van der Waals surface area contributed by atoms with Crippen LogP contribution in [-0.2, 0) is 6.61 Å². The number of phenolic OH excluding ortho intramolecular Hbond substituents is 1. The Morgan fingerprint density at radius 1 is 1.31 bits per heavy atom. The monoisotopic (exact) mass is 279 g/mol. The van der Waals surface area contributed by atoms with Crippen molar-refractivity contribution in [3.05, 3.63) is 52.8 Å². The Morgan fingerprint density at radius 2 is 2.19 bits per heavy atom.